The van der Waals surface area contributed by atoms with E-state index in [1.165, 1.54) is 7.11 Å². The van der Waals surface area contributed by atoms with Gasteiger partial charge in [-0.2, -0.15) is 0 Å². The summed E-state index contributed by atoms with van der Waals surface area (Å²) in [6.45, 7) is 0.455. The number of rotatable bonds is 8. The number of nitrogens with one attached hydrogen (secondary N) is 1. The van der Waals surface area contributed by atoms with Crippen molar-refractivity contribution < 1.29 is 23.8 Å². The van der Waals surface area contributed by atoms with Crippen LogP contribution >= 0.6 is 0 Å². The zero-order chi connectivity index (χ0) is 17.2. The molecule has 0 atom stereocenters. The molecule has 2 aromatic rings. The Balaban J connectivity index is 1.80. The second-order valence-corrected chi connectivity index (χ2v) is 4.86. The summed E-state index contributed by atoms with van der Waals surface area (Å²) in [5.74, 6) is -0.0894. The Labute approximate surface area is 140 Å². The van der Waals surface area contributed by atoms with Gasteiger partial charge in [-0.25, -0.2) is 4.79 Å². The highest BCUT2D eigenvalue weighted by Crippen LogP contribution is 2.12. The van der Waals surface area contributed by atoms with Gasteiger partial charge in [0.15, 0.2) is 6.61 Å². The van der Waals surface area contributed by atoms with Crippen LogP contribution in [-0.2, 0) is 14.3 Å². The smallest absolute Gasteiger partial charge is 0.338 e. The molecule has 0 aliphatic rings. The van der Waals surface area contributed by atoms with Gasteiger partial charge in [0.2, 0.25) is 0 Å². The maximum absolute atomic E-state index is 11.8. The van der Waals surface area contributed by atoms with Crippen molar-refractivity contribution in [2.75, 3.05) is 32.2 Å². The Morgan fingerprint density at radius 2 is 1.67 bits per heavy atom. The number of methoxy groups -OCH3 is 1. The van der Waals surface area contributed by atoms with Gasteiger partial charge in [0.05, 0.1) is 12.2 Å². The van der Waals surface area contributed by atoms with E-state index in [1.807, 2.05) is 18.2 Å². The van der Waals surface area contributed by atoms with Gasteiger partial charge < -0.3 is 19.5 Å². The molecule has 0 aliphatic heterocycles. The quantitative estimate of drug-likeness (QED) is 0.595. The zero-order valence-electron chi connectivity index (χ0n) is 13.4. The number of benzene rings is 2. The molecule has 1 amide bonds. The van der Waals surface area contributed by atoms with Gasteiger partial charge >= 0.3 is 5.97 Å². The number of amides is 1. The Kier molecular flexibility index (Phi) is 6.79. The SMILES string of the molecule is COCCOC(=O)c1ccc(NC(=O)COc2ccccc2)cc1. The van der Waals surface area contributed by atoms with E-state index in [9.17, 15) is 9.59 Å². The van der Waals surface area contributed by atoms with Gasteiger partial charge in [0, 0.05) is 12.8 Å². The summed E-state index contributed by atoms with van der Waals surface area (Å²) in [6, 6.07) is 15.5. The maximum Gasteiger partial charge on any atom is 0.338 e. The third kappa shape index (κ3) is 5.73. The van der Waals surface area contributed by atoms with Gasteiger partial charge in [-0.15, -0.1) is 0 Å². The van der Waals surface area contributed by atoms with Crippen LogP contribution in [0.15, 0.2) is 54.6 Å². The molecule has 24 heavy (non-hydrogen) atoms. The molecule has 1 N–H and O–H groups in total. The molecule has 0 aromatic heterocycles. The molecule has 0 saturated heterocycles. The topological polar surface area (TPSA) is 73.9 Å². The van der Waals surface area contributed by atoms with Crippen molar-refractivity contribution in [3.8, 4) is 5.75 Å². The van der Waals surface area contributed by atoms with Crippen molar-refractivity contribution in [3.63, 3.8) is 0 Å². The summed E-state index contributed by atoms with van der Waals surface area (Å²) in [7, 11) is 1.53. The molecule has 0 spiro atoms. The van der Waals surface area contributed by atoms with Crippen molar-refractivity contribution in [2.45, 2.75) is 0 Å². The molecule has 126 valence electrons. The summed E-state index contributed by atoms with van der Waals surface area (Å²) >= 11 is 0. The predicted molar refractivity (Wildman–Crippen MR) is 89.2 cm³/mol. The van der Waals surface area contributed by atoms with Gasteiger partial charge in [-0.3, -0.25) is 4.79 Å². The van der Waals surface area contributed by atoms with E-state index < -0.39 is 5.97 Å². The van der Waals surface area contributed by atoms with Crippen LogP contribution in [0.2, 0.25) is 0 Å². The first-order valence-electron chi connectivity index (χ1n) is 7.43. The minimum atomic E-state index is -0.433. The summed E-state index contributed by atoms with van der Waals surface area (Å²) < 4.78 is 15.2. The lowest BCUT2D eigenvalue weighted by Crippen LogP contribution is -2.20. The monoisotopic (exact) mass is 329 g/mol. The van der Waals surface area contributed by atoms with Crippen LogP contribution in [0, 0.1) is 0 Å². The highest BCUT2D eigenvalue weighted by Gasteiger charge is 2.08. The fourth-order valence-electron chi connectivity index (χ4n) is 1.85. The number of hydrogen-bond acceptors (Lipinski definition) is 5. The number of para-hydroxylation sites is 1. The first kappa shape index (κ1) is 17.5. The first-order chi connectivity index (χ1) is 11.7. The molecule has 0 radical (unpaired) electrons. The highest BCUT2D eigenvalue weighted by atomic mass is 16.6. The molecule has 0 fully saturated rings. The number of carbonyl (C=O) groups excluding carboxylic acids is 2. The maximum atomic E-state index is 11.8. The van der Waals surface area contributed by atoms with E-state index in [2.05, 4.69) is 5.32 Å². The number of hydrogen-bond donors (Lipinski definition) is 1. The summed E-state index contributed by atoms with van der Waals surface area (Å²) in [4.78, 5) is 23.6. The first-order valence-corrected chi connectivity index (χ1v) is 7.43. The van der Waals surface area contributed by atoms with Crippen molar-refractivity contribution in [1.82, 2.24) is 0 Å². The van der Waals surface area contributed by atoms with Crippen LogP contribution in [0.1, 0.15) is 10.4 Å². The lowest BCUT2D eigenvalue weighted by atomic mass is 10.2. The Morgan fingerprint density at radius 1 is 0.958 bits per heavy atom. The molecule has 6 heteroatoms. The Morgan fingerprint density at radius 3 is 2.33 bits per heavy atom. The van der Waals surface area contributed by atoms with Crippen LogP contribution in [0.3, 0.4) is 0 Å². The van der Waals surface area contributed by atoms with Crippen LogP contribution in [0.25, 0.3) is 0 Å². The van der Waals surface area contributed by atoms with Crippen LogP contribution < -0.4 is 10.1 Å². The van der Waals surface area contributed by atoms with Crippen LogP contribution in [0.5, 0.6) is 5.75 Å². The summed E-state index contributed by atoms with van der Waals surface area (Å²) in [5.41, 5.74) is 0.981. The van der Waals surface area contributed by atoms with Gasteiger partial charge in [0.25, 0.3) is 5.91 Å². The summed E-state index contributed by atoms with van der Waals surface area (Å²) in [5, 5.41) is 2.69. The minimum Gasteiger partial charge on any atom is -0.484 e. The third-order valence-electron chi connectivity index (χ3n) is 3.04. The highest BCUT2D eigenvalue weighted by molar-refractivity contribution is 5.93. The molecule has 0 saturated carbocycles. The molecule has 6 nitrogen and oxygen atoms in total. The molecule has 0 bridgehead atoms. The molecular weight excluding hydrogens is 310 g/mol. The van der Waals surface area contributed by atoms with Crippen molar-refractivity contribution in [2.24, 2.45) is 0 Å². The lowest BCUT2D eigenvalue weighted by Gasteiger charge is -2.08. The normalized spacial score (nSPS) is 10.0. The van der Waals surface area contributed by atoms with Gasteiger partial charge in [0.1, 0.15) is 12.4 Å². The second-order valence-electron chi connectivity index (χ2n) is 4.86. The van der Waals surface area contributed by atoms with E-state index in [-0.39, 0.29) is 19.1 Å². The largest absolute Gasteiger partial charge is 0.484 e. The molecule has 2 rings (SSSR count). The van der Waals surface area contributed by atoms with Crippen molar-refractivity contribution in [3.05, 3.63) is 60.2 Å². The van der Waals surface area contributed by atoms with E-state index in [4.69, 9.17) is 14.2 Å². The average Bonchev–Trinajstić information content (AvgIpc) is 2.61. The fourth-order valence-corrected chi connectivity index (χ4v) is 1.85. The number of esters is 1. The average molecular weight is 329 g/mol. The fraction of sp³-hybridized carbons (Fsp3) is 0.222. The standard InChI is InChI=1S/C18H19NO5/c1-22-11-12-23-18(21)14-7-9-15(10-8-14)19-17(20)13-24-16-5-3-2-4-6-16/h2-10H,11-13H2,1H3,(H,19,20). The molecule has 0 unspecified atom stereocenters. The number of ether oxygens (including phenoxy) is 3. The molecule has 0 heterocycles. The van der Waals surface area contributed by atoms with E-state index in [0.29, 0.717) is 23.6 Å². The van der Waals surface area contributed by atoms with Crippen LogP contribution in [0.4, 0.5) is 5.69 Å². The Hall–Kier alpha value is -2.86. The zero-order valence-corrected chi connectivity index (χ0v) is 13.4. The van der Waals surface area contributed by atoms with E-state index in [1.54, 1.807) is 36.4 Å². The second kappa shape index (κ2) is 9.32. The number of carbonyl (C=O) groups is 2. The van der Waals surface area contributed by atoms with Gasteiger partial charge in [-0.1, -0.05) is 18.2 Å². The van der Waals surface area contributed by atoms with Crippen molar-refractivity contribution >= 4 is 17.6 Å². The Bertz CT molecular complexity index is 655. The van der Waals surface area contributed by atoms with Gasteiger partial charge in [-0.05, 0) is 36.4 Å². The molecular formula is C18H19NO5. The molecule has 0 aliphatic carbocycles. The van der Waals surface area contributed by atoms with E-state index in [0.717, 1.165) is 0 Å². The number of anilines is 1. The lowest BCUT2D eigenvalue weighted by molar-refractivity contribution is -0.118. The minimum absolute atomic E-state index is 0.0924. The van der Waals surface area contributed by atoms with Crippen molar-refractivity contribution in [1.29, 1.82) is 0 Å². The predicted octanol–water partition coefficient (Wildman–Crippen LogP) is 2.51. The molecule has 2 aromatic carbocycles. The summed E-state index contributed by atoms with van der Waals surface area (Å²) in [6.07, 6.45) is 0. The van der Waals surface area contributed by atoms with E-state index >= 15 is 0 Å². The third-order valence-corrected chi connectivity index (χ3v) is 3.04. The van der Waals surface area contributed by atoms with Crippen LogP contribution in [-0.4, -0.2) is 38.8 Å².